The zero-order valence-electron chi connectivity index (χ0n) is 9.29. The maximum Gasteiger partial charge on any atom is 0.265 e. The van der Waals surface area contributed by atoms with E-state index in [2.05, 4.69) is 10.1 Å². The second-order valence-corrected chi connectivity index (χ2v) is 3.72. The van der Waals surface area contributed by atoms with Gasteiger partial charge in [-0.3, -0.25) is 0 Å². The van der Waals surface area contributed by atoms with Gasteiger partial charge in [0.15, 0.2) is 0 Å². The number of anilines is 1. The smallest absolute Gasteiger partial charge is 0.265 e. The summed E-state index contributed by atoms with van der Waals surface area (Å²) < 4.78 is 5.11. The molecule has 0 spiro atoms. The molecule has 2 rings (SSSR count). The SMILES string of the molecule is CN(C)c1noc([C@H](N)c2ccccc2)n1. The first-order chi connectivity index (χ1) is 7.68. The molecule has 84 valence electrons. The Hall–Kier alpha value is -1.88. The Morgan fingerprint density at radius 1 is 1.25 bits per heavy atom. The molecule has 0 bridgehead atoms. The van der Waals surface area contributed by atoms with Gasteiger partial charge in [-0.05, 0) is 10.7 Å². The molecule has 1 heterocycles. The van der Waals surface area contributed by atoms with Crippen molar-refractivity contribution in [1.82, 2.24) is 10.1 Å². The number of nitrogens with two attached hydrogens (primary N) is 1. The van der Waals surface area contributed by atoms with Crippen molar-refractivity contribution in [3.8, 4) is 0 Å². The van der Waals surface area contributed by atoms with Crippen molar-refractivity contribution in [3.63, 3.8) is 0 Å². The number of nitrogens with zero attached hydrogens (tertiary/aromatic N) is 3. The van der Waals surface area contributed by atoms with Crippen LogP contribution in [0.2, 0.25) is 0 Å². The van der Waals surface area contributed by atoms with Crippen LogP contribution in [0.5, 0.6) is 0 Å². The Bertz CT molecular complexity index is 452. The van der Waals surface area contributed by atoms with Crippen molar-refractivity contribution < 1.29 is 4.52 Å². The number of hydrogen-bond donors (Lipinski definition) is 1. The topological polar surface area (TPSA) is 68.2 Å². The van der Waals surface area contributed by atoms with Crippen molar-refractivity contribution in [2.75, 3.05) is 19.0 Å². The van der Waals surface area contributed by atoms with Crippen LogP contribution in [0.15, 0.2) is 34.9 Å². The Morgan fingerprint density at radius 2 is 1.94 bits per heavy atom. The average molecular weight is 218 g/mol. The molecular weight excluding hydrogens is 204 g/mol. The van der Waals surface area contributed by atoms with Crippen molar-refractivity contribution in [2.24, 2.45) is 5.73 Å². The molecular formula is C11H14N4O. The third kappa shape index (κ3) is 2.04. The van der Waals surface area contributed by atoms with E-state index in [0.29, 0.717) is 11.8 Å². The van der Waals surface area contributed by atoms with Gasteiger partial charge in [-0.1, -0.05) is 30.3 Å². The molecule has 0 fully saturated rings. The van der Waals surface area contributed by atoms with Crippen LogP contribution in [0.3, 0.4) is 0 Å². The Labute approximate surface area is 93.9 Å². The molecule has 2 N–H and O–H groups in total. The number of rotatable bonds is 3. The van der Waals surface area contributed by atoms with E-state index >= 15 is 0 Å². The highest BCUT2D eigenvalue weighted by Gasteiger charge is 2.16. The summed E-state index contributed by atoms with van der Waals surface area (Å²) in [4.78, 5) is 5.98. The molecule has 16 heavy (non-hydrogen) atoms. The highest BCUT2D eigenvalue weighted by atomic mass is 16.5. The molecule has 5 heteroatoms. The van der Waals surface area contributed by atoms with E-state index in [1.54, 1.807) is 4.90 Å². The van der Waals surface area contributed by atoms with Crippen LogP contribution >= 0.6 is 0 Å². The van der Waals surface area contributed by atoms with E-state index in [1.165, 1.54) is 0 Å². The van der Waals surface area contributed by atoms with E-state index in [4.69, 9.17) is 10.3 Å². The first kappa shape index (κ1) is 10.6. The molecule has 0 aliphatic rings. The highest BCUT2D eigenvalue weighted by molar-refractivity contribution is 5.28. The van der Waals surface area contributed by atoms with E-state index in [-0.39, 0.29) is 6.04 Å². The molecule has 5 nitrogen and oxygen atoms in total. The third-order valence-electron chi connectivity index (χ3n) is 2.26. The Kier molecular flexibility index (Phi) is 2.87. The lowest BCUT2D eigenvalue weighted by Crippen LogP contribution is -2.13. The summed E-state index contributed by atoms with van der Waals surface area (Å²) in [6.07, 6.45) is 0. The van der Waals surface area contributed by atoms with Gasteiger partial charge in [-0.25, -0.2) is 0 Å². The first-order valence-electron chi connectivity index (χ1n) is 5.00. The van der Waals surface area contributed by atoms with Crippen LogP contribution in [0.1, 0.15) is 17.5 Å². The minimum absolute atomic E-state index is 0.373. The molecule has 0 saturated carbocycles. The highest BCUT2D eigenvalue weighted by Crippen LogP contribution is 2.18. The lowest BCUT2D eigenvalue weighted by Gasteiger charge is -2.06. The van der Waals surface area contributed by atoms with E-state index < -0.39 is 0 Å². The molecule has 0 amide bonds. The van der Waals surface area contributed by atoms with Gasteiger partial charge in [-0.15, -0.1) is 0 Å². The summed E-state index contributed by atoms with van der Waals surface area (Å²) in [5.74, 6) is 0.955. The monoisotopic (exact) mass is 218 g/mol. The van der Waals surface area contributed by atoms with Crippen molar-refractivity contribution in [2.45, 2.75) is 6.04 Å². The van der Waals surface area contributed by atoms with Gasteiger partial charge in [0.25, 0.3) is 5.95 Å². The molecule has 0 unspecified atom stereocenters. The van der Waals surface area contributed by atoms with Crippen LogP contribution in [-0.2, 0) is 0 Å². The quantitative estimate of drug-likeness (QED) is 0.837. The molecule has 1 atom stereocenters. The number of hydrogen-bond acceptors (Lipinski definition) is 5. The molecule has 2 aromatic rings. The van der Waals surface area contributed by atoms with E-state index in [1.807, 2.05) is 44.4 Å². The predicted molar refractivity (Wildman–Crippen MR) is 61.1 cm³/mol. The fourth-order valence-electron chi connectivity index (χ4n) is 1.34. The lowest BCUT2D eigenvalue weighted by atomic mass is 10.1. The summed E-state index contributed by atoms with van der Waals surface area (Å²) in [5.41, 5.74) is 6.97. The molecule has 0 saturated heterocycles. The van der Waals surface area contributed by atoms with Crippen molar-refractivity contribution in [3.05, 3.63) is 41.8 Å². The van der Waals surface area contributed by atoms with Gasteiger partial charge in [0.2, 0.25) is 5.89 Å². The minimum Gasteiger partial charge on any atom is -0.344 e. The van der Waals surface area contributed by atoms with Crippen LogP contribution in [0, 0.1) is 0 Å². The van der Waals surface area contributed by atoms with Gasteiger partial charge in [0.05, 0.1) is 0 Å². The van der Waals surface area contributed by atoms with E-state index in [9.17, 15) is 0 Å². The summed E-state index contributed by atoms with van der Waals surface area (Å²) in [5, 5.41) is 3.82. The summed E-state index contributed by atoms with van der Waals surface area (Å²) >= 11 is 0. The molecule has 1 aromatic carbocycles. The van der Waals surface area contributed by atoms with Gasteiger partial charge in [-0.2, -0.15) is 4.98 Å². The third-order valence-corrected chi connectivity index (χ3v) is 2.26. The second-order valence-electron chi connectivity index (χ2n) is 3.72. The lowest BCUT2D eigenvalue weighted by molar-refractivity contribution is 0.367. The summed E-state index contributed by atoms with van der Waals surface area (Å²) in [6.45, 7) is 0. The van der Waals surface area contributed by atoms with Crippen LogP contribution < -0.4 is 10.6 Å². The first-order valence-corrected chi connectivity index (χ1v) is 5.00. The summed E-state index contributed by atoms with van der Waals surface area (Å²) in [6, 6.07) is 9.29. The fourth-order valence-corrected chi connectivity index (χ4v) is 1.34. The normalized spacial score (nSPS) is 12.4. The van der Waals surface area contributed by atoms with Crippen LogP contribution in [0.25, 0.3) is 0 Å². The molecule has 1 aromatic heterocycles. The maximum absolute atomic E-state index is 6.02. The van der Waals surface area contributed by atoms with Gasteiger partial charge in [0, 0.05) is 14.1 Å². The number of aromatic nitrogens is 2. The fraction of sp³-hybridized carbons (Fsp3) is 0.273. The standard InChI is InChI=1S/C11H14N4O/c1-15(2)11-13-10(16-14-11)9(12)8-6-4-3-5-7-8/h3-7,9H,12H2,1-2H3/t9-/m1/s1. The minimum atomic E-state index is -0.373. The maximum atomic E-state index is 6.02. The van der Waals surface area contributed by atoms with Crippen molar-refractivity contribution in [1.29, 1.82) is 0 Å². The van der Waals surface area contributed by atoms with E-state index in [0.717, 1.165) is 5.56 Å². The Morgan fingerprint density at radius 3 is 2.50 bits per heavy atom. The predicted octanol–water partition coefficient (Wildman–Crippen LogP) is 1.18. The van der Waals surface area contributed by atoms with Crippen LogP contribution in [0.4, 0.5) is 5.95 Å². The summed E-state index contributed by atoms with van der Waals surface area (Å²) in [7, 11) is 3.70. The van der Waals surface area contributed by atoms with Crippen molar-refractivity contribution >= 4 is 5.95 Å². The zero-order valence-corrected chi connectivity index (χ0v) is 9.29. The molecule has 0 radical (unpaired) electrons. The van der Waals surface area contributed by atoms with Crippen LogP contribution in [-0.4, -0.2) is 24.2 Å². The molecule has 0 aliphatic heterocycles. The molecule has 0 aliphatic carbocycles. The van der Waals surface area contributed by atoms with Gasteiger partial charge in [0.1, 0.15) is 6.04 Å². The second kappa shape index (κ2) is 4.32. The van der Waals surface area contributed by atoms with Gasteiger partial charge >= 0.3 is 0 Å². The average Bonchev–Trinajstić information content (AvgIpc) is 2.78. The number of benzene rings is 1. The zero-order chi connectivity index (χ0) is 11.5. The Balaban J connectivity index is 2.24. The largest absolute Gasteiger partial charge is 0.344 e. The van der Waals surface area contributed by atoms with Gasteiger partial charge < -0.3 is 15.2 Å².